The topological polar surface area (TPSA) is 35.8 Å². The Kier molecular flexibility index (Phi) is 5.50. The van der Waals surface area contributed by atoms with Gasteiger partial charge in [-0.2, -0.15) is 5.26 Å². The van der Waals surface area contributed by atoms with Crippen molar-refractivity contribution in [1.82, 2.24) is 5.32 Å². The molecular formula is C13H18N2. The maximum Gasteiger partial charge on any atom is 0.0621 e. The lowest BCUT2D eigenvalue weighted by Crippen LogP contribution is -2.14. The Hall–Kier alpha value is -1.33. The molecule has 1 rings (SSSR count). The lowest BCUT2D eigenvalue weighted by Gasteiger charge is -2.04. The fraction of sp³-hybridized carbons (Fsp3) is 0.462. The van der Waals surface area contributed by atoms with Gasteiger partial charge in [0.25, 0.3) is 0 Å². The van der Waals surface area contributed by atoms with E-state index in [1.807, 2.05) is 0 Å². The first-order valence-corrected chi connectivity index (χ1v) is 5.46. The zero-order chi connectivity index (χ0) is 10.9. The summed E-state index contributed by atoms with van der Waals surface area (Å²) in [6.45, 7) is 4.02. The van der Waals surface area contributed by atoms with Gasteiger partial charge in [-0.1, -0.05) is 29.8 Å². The first-order chi connectivity index (χ1) is 7.33. The van der Waals surface area contributed by atoms with E-state index >= 15 is 0 Å². The average molecular weight is 202 g/mol. The monoisotopic (exact) mass is 202 g/mol. The van der Waals surface area contributed by atoms with Crippen LogP contribution in [0.3, 0.4) is 0 Å². The second kappa shape index (κ2) is 7.03. The lowest BCUT2D eigenvalue weighted by atomic mass is 10.1. The van der Waals surface area contributed by atoms with Crippen LogP contribution in [0.15, 0.2) is 24.3 Å². The number of hydrogen-bond acceptors (Lipinski definition) is 2. The van der Waals surface area contributed by atoms with Gasteiger partial charge in [-0.15, -0.1) is 0 Å². The van der Waals surface area contributed by atoms with Gasteiger partial charge in [-0.05, 0) is 31.9 Å². The van der Waals surface area contributed by atoms with Gasteiger partial charge in [0.1, 0.15) is 0 Å². The zero-order valence-corrected chi connectivity index (χ0v) is 9.29. The van der Waals surface area contributed by atoms with Crippen molar-refractivity contribution in [2.24, 2.45) is 0 Å². The molecule has 1 N–H and O–H groups in total. The van der Waals surface area contributed by atoms with Crippen molar-refractivity contribution >= 4 is 0 Å². The summed E-state index contributed by atoms with van der Waals surface area (Å²) in [5.41, 5.74) is 2.62. The second-order valence-electron chi connectivity index (χ2n) is 3.78. The molecule has 0 amide bonds. The number of nitrogens with zero attached hydrogens (tertiary/aromatic N) is 1. The number of hydrogen-bond donors (Lipinski definition) is 1. The van der Waals surface area contributed by atoms with Crippen molar-refractivity contribution in [1.29, 1.82) is 5.26 Å². The molecule has 15 heavy (non-hydrogen) atoms. The predicted molar refractivity (Wildman–Crippen MR) is 62.3 cm³/mol. The maximum atomic E-state index is 8.36. The van der Waals surface area contributed by atoms with Gasteiger partial charge in [0, 0.05) is 13.0 Å². The minimum absolute atomic E-state index is 0.673. The summed E-state index contributed by atoms with van der Waals surface area (Å²) in [5.74, 6) is 0. The summed E-state index contributed by atoms with van der Waals surface area (Å²) in [6, 6.07) is 10.7. The molecule has 0 aliphatic heterocycles. The summed E-state index contributed by atoms with van der Waals surface area (Å²) >= 11 is 0. The molecule has 0 saturated carbocycles. The van der Waals surface area contributed by atoms with E-state index in [9.17, 15) is 0 Å². The molecule has 0 bridgehead atoms. The van der Waals surface area contributed by atoms with Crippen molar-refractivity contribution in [3.05, 3.63) is 35.4 Å². The van der Waals surface area contributed by atoms with E-state index in [1.165, 1.54) is 11.1 Å². The quantitative estimate of drug-likeness (QED) is 0.720. The van der Waals surface area contributed by atoms with Crippen molar-refractivity contribution in [2.75, 3.05) is 6.54 Å². The van der Waals surface area contributed by atoms with Crippen LogP contribution in [-0.4, -0.2) is 6.54 Å². The van der Waals surface area contributed by atoms with E-state index in [-0.39, 0.29) is 0 Å². The molecule has 0 spiro atoms. The van der Waals surface area contributed by atoms with E-state index in [0.717, 1.165) is 25.9 Å². The highest BCUT2D eigenvalue weighted by Crippen LogP contribution is 2.02. The smallest absolute Gasteiger partial charge is 0.0621 e. The Bertz CT molecular complexity index is 308. The summed E-state index contributed by atoms with van der Waals surface area (Å²) in [4.78, 5) is 0. The van der Waals surface area contributed by atoms with Crippen molar-refractivity contribution < 1.29 is 0 Å². The summed E-state index contributed by atoms with van der Waals surface area (Å²) < 4.78 is 0. The molecular weight excluding hydrogens is 184 g/mol. The normalized spacial score (nSPS) is 9.87. The molecule has 0 heterocycles. The highest BCUT2D eigenvalue weighted by molar-refractivity contribution is 5.20. The Labute approximate surface area is 91.9 Å². The van der Waals surface area contributed by atoms with E-state index in [2.05, 4.69) is 42.6 Å². The van der Waals surface area contributed by atoms with Crippen LogP contribution < -0.4 is 5.32 Å². The third-order valence-corrected chi connectivity index (χ3v) is 2.34. The molecule has 2 nitrogen and oxygen atoms in total. The van der Waals surface area contributed by atoms with E-state index < -0.39 is 0 Å². The summed E-state index contributed by atoms with van der Waals surface area (Å²) in [6.07, 6.45) is 2.75. The maximum absolute atomic E-state index is 8.36. The van der Waals surface area contributed by atoms with Crippen LogP contribution in [0, 0.1) is 18.3 Å². The largest absolute Gasteiger partial charge is 0.313 e. The van der Waals surface area contributed by atoms with E-state index in [0.29, 0.717) is 6.42 Å². The first kappa shape index (κ1) is 11.7. The summed E-state index contributed by atoms with van der Waals surface area (Å²) in [7, 11) is 0. The number of nitriles is 1. The molecule has 0 radical (unpaired) electrons. The Balaban J connectivity index is 2.10. The van der Waals surface area contributed by atoms with Gasteiger partial charge in [0.2, 0.25) is 0 Å². The molecule has 0 unspecified atom stereocenters. The van der Waals surface area contributed by atoms with Crippen molar-refractivity contribution in [3.8, 4) is 6.07 Å². The van der Waals surface area contributed by atoms with Crippen molar-refractivity contribution in [2.45, 2.75) is 32.7 Å². The minimum Gasteiger partial charge on any atom is -0.313 e. The van der Waals surface area contributed by atoms with Gasteiger partial charge in [0.15, 0.2) is 0 Å². The van der Waals surface area contributed by atoms with Crippen LogP contribution >= 0.6 is 0 Å². The SMILES string of the molecule is Cc1ccc(CNCCCCC#N)cc1. The Morgan fingerprint density at radius 1 is 1.20 bits per heavy atom. The van der Waals surface area contributed by atoms with Gasteiger partial charge in [0.05, 0.1) is 6.07 Å². The van der Waals surface area contributed by atoms with Gasteiger partial charge < -0.3 is 5.32 Å². The minimum atomic E-state index is 0.673. The van der Waals surface area contributed by atoms with E-state index in [4.69, 9.17) is 5.26 Å². The fourth-order valence-electron chi connectivity index (χ4n) is 1.39. The molecule has 0 saturated heterocycles. The van der Waals surface area contributed by atoms with Crippen LogP contribution in [0.2, 0.25) is 0 Å². The number of nitrogens with one attached hydrogen (secondary N) is 1. The van der Waals surface area contributed by atoms with Gasteiger partial charge >= 0.3 is 0 Å². The van der Waals surface area contributed by atoms with Crippen molar-refractivity contribution in [3.63, 3.8) is 0 Å². The fourth-order valence-corrected chi connectivity index (χ4v) is 1.39. The molecule has 80 valence electrons. The predicted octanol–water partition coefficient (Wildman–Crippen LogP) is 2.78. The van der Waals surface area contributed by atoms with Crippen LogP contribution in [0.5, 0.6) is 0 Å². The third kappa shape index (κ3) is 5.19. The molecule has 0 aliphatic carbocycles. The van der Waals surface area contributed by atoms with Crippen LogP contribution in [0.1, 0.15) is 30.4 Å². The molecule has 0 aliphatic rings. The molecule has 0 atom stereocenters. The van der Waals surface area contributed by atoms with Gasteiger partial charge in [-0.25, -0.2) is 0 Å². The number of benzene rings is 1. The average Bonchev–Trinajstić information content (AvgIpc) is 2.26. The molecule has 0 aromatic heterocycles. The molecule has 1 aromatic rings. The van der Waals surface area contributed by atoms with Crippen LogP contribution in [0.25, 0.3) is 0 Å². The number of unbranched alkanes of at least 4 members (excludes halogenated alkanes) is 2. The number of aryl methyl sites for hydroxylation is 1. The van der Waals surface area contributed by atoms with Crippen LogP contribution in [0.4, 0.5) is 0 Å². The highest BCUT2D eigenvalue weighted by atomic mass is 14.8. The van der Waals surface area contributed by atoms with Crippen LogP contribution in [-0.2, 0) is 6.54 Å². The summed E-state index contributed by atoms with van der Waals surface area (Å²) in [5, 5.41) is 11.7. The Morgan fingerprint density at radius 3 is 2.60 bits per heavy atom. The zero-order valence-electron chi connectivity index (χ0n) is 9.29. The number of rotatable bonds is 6. The second-order valence-corrected chi connectivity index (χ2v) is 3.78. The lowest BCUT2D eigenvalue weighted by molar-refractivity contribution is 0.628. The van der Waals surface area contributed by atoms with Gasteiger partial charge in [-0.3, -0.25) is 0 Å². The first-order valence-electron chi connectivity index (χ1n) is 5.46. The standard InChI is InChI=1S/C13H18N2/c1-12-5-7-13(8-6-12)11-15-10-4-2-3-9-14/h5-8,15H,2-4,10-11H2,1H3. The molecule has 1 aromatic carbocycles. The molecule has 0 fully saturated rings. The Morgan fingerprint density at radius 2 is 1.93 bits per heavy atom. The van der Waals surface area contributed by atoms with E-state index in [1.54, 1.807) is 0 Å². The highest BCUT2D eigenvalue weighted by Gasteiger charge is 1.92. The molecule has 2 heteroatoms. The third-order valence-electron chi connectivity index (χ3n) is 2.34.